The van der Waals surface area contributed by atoms with E-state index in [9.17, 15) is 0 Å². The molecule has 13 heavy (non-hydrogen) atoms. The molecule has 0 radical (unpaired) electrons. The predicted molar refractivity (Wildman–Crippen MR) is 60.3 cm³/mol. The van der Waals surface area contributed by atoms with Crippen LogP contribution < -0.4 is 5.73 Å². The molecule has 70 valence electrons. The number of nitrogens with two attached hydrogens (primary N) is 1. The smallest absolute Gasteiger partial charge is 0.140 e. The number of halogens is 1. The first-order valence-corrected chi connectivity index (χ1v) is 5.53. The summed E-state index contributed by atoms with van der Waals surface area (Å²) in [5.41, 5.74) is 6.76. The van der Waals surface area contributed by atoms with Crippen molar-refractivity contribution >= 4 is 28.4 Å². The Bertz CT molecular complexity index is 311. The first kappa shape index (κ1) is 9.18. The molecule has 4 heteroatoms. The highest BCUT2D eigenvalue weighted by atomic mass is 127. The summed E-state index contributed by atoms with van der Waals surface area (Å²) in [5.74, 6) is 2.36. The number of aromatic nitrogens is 2. The number of nitrogens with zero attached hydrogens (tertiary/aromatic N) is 2. The largest absolute Gasteiger partial charge is 0.383 e. The summed E-state index contributed by atoms with van der Waals surface area (Å²) in [6.45, 7) is 1.98. The van der Waals surface area contributed by atoms with Gasteiger partial charge in [-0.3, -0.25) is 0 Å². The van der Waals surface area contributed by atoms with Crippen LogP contribution in [0.4, 0.5) is 5.82 Å². The standard InChI is InChI=1S/C9H12IN3/c1-5-8(10)9(11)13-7(12-5)4-6-2-3-6/h6H,2-4H2,1H3,(H2,11,12,13). The van der Waals surface area contributed by atoms with Crippen molar-refractivity contribution in [2.75, 3.05) is 5.73 Å². The van der Waals surface area contributed by atoms with Crippen LogP contribution in [0.25, 0.3) is 0 Å². The minimum Gasteiger partial charge on any atom is -0.383 e. The Kier molecular flexibility index (Phi) is 2.40. The van der Waals surface area contributed by atoms with Crippen LogP contribution in [0.3, 0.4) is 0 Å². The molecule has 1 aromatic heterocycles. The number of hydrogen-bond acceptors (Lipinski definition) is 3. The summed E-state index contributed by atoms with van der Waals surface area (Å²) in [6.07, 6.45) is 3.66. The molecule has 0 aliphatic heterocycles. The molecule has 1 aliphatic rings. The molecule has 1 heterocycles. The molecule has 0 saturated heterocycles. The van der Waals surface area contributed by atoms with E-state index >= 15 is 0 Å². The fourth-order valence-corrected chi connectivity index (χ4v) is 1.55. The topological polar surface area (TPSA) is 51.8 Å². The van der Waals surface area contributed by atoms with Crippen LogP contribution in [0.1, 0.15) is 24.4 Å². The summed E-state index contributed by atoms with van der Waals surface area (Å²) < 4.78 is 0.983. The zero-order valence-electron chi connectivity index (χ0n) is 7.55. The molecule has 0 amide bonds. The lowest BCUT2D eigenvalue weighted by Gasteiger charge is -2.04. The number of nitrogen functional groups attached to an aromatic ring is 1. The molecule has 0 spiro atoms. The highest BCUT2D eigenvalue weighted by molar-refractivity contribution is 14.1. The lowest BCUT2D eigenvalue weighted by atomic mass is 10.2. The molecule has 0 unspecified atom stereocenters. The molecule has 3 nitrogen and oxygen atoms in total. The molecule has 0 aromatic carbocycles. The Morgan fingerprint density at radius 3 is 2.69 bits per heavy atom. The second-order valence-electron chi connectivity index (χ2n) is 3.57. The zero-order chi connectivity index (χ0) is 9.42. The third-order valence-corrected chi connectivity index (χ3v) is 3.59. The van der Waals surface area contributed by atoms with Crippen molar-refractivity contribution in [1.82, 2.24) is 9.97 Å². The first-order chi connectivity index (χ1) is 6.16. The molecule has 1 aliphatic carbocycles. The van der Waals surface area contributed by atoms with Crippen LogP contribution in [0.15, 0.2) is 0 Å². The van der Waals surface area contributed by atoms with E-state index in [1.54, 1.807) is 0 Å². The molecule has 0 atom stereocenters. The van der Waals surface area contributed by atoms with E-state index in [0.717, 1.165) is 27.4 Å². The van der Waals surface area contributed by atoms with Gasteiger partial charge in [-0.2, -0.15) is 0 Å². The van der Waals surface area contributed by atoms with E-state index in [2.05, 4.69) is 32.6 Å². The summed E-state index contributed by atoms with van der Waals surface area (Å²) in [6, 6.07) is 0. The highest BCUT2D eigenvalue weighted by Gasteiger charge is 2.23. The SMILES string of the molecule is Cc1nc(CC2CC2)nc(N)c1I. The minimum atomic E-state index is 0.628. The van der Waals surface area contributed by atoms with Gasteiger partial charge >= 0.3 is 0 Å². The van der Waals surface area contributed by atoms with E-state index in [-0.39, 0.29) is 0 Å². The van der Waals surface area contributed by atoms with Crippen LogP contribution in [-0.2, 0) is 6.42 Å². The van der Waals surface area contributed by atoms with Crippen molar-refractivity contribution < 1.29 is 0 Å². The normalized spacial score (nSPS) is 16.2. The molecule has 1 fully saturated rings. The predicted octanol–water partition coefficient (Wildman–Crippen LogP) is 1.92. The third kappa shape index (κ3) is 2.10. The van der Waals surface area contributed by atoms with Crippen LogP contribution in [0.5, 0.6) is 0 Å². The lowest BCUT2D eigenvalue weighted by molar-refractivity contribution is 0.764. The third-order valence-electron chi connectivity index (χ3n) is 2.26. The van der Waals surface area contributed by atoms with Gasteiger partial charge in [0.05, 0.1) is 9.26 Å². The fraction of sp³-hybridized carbons (Fsp3) is 0.556. The van der Waals surface area contributed by atoms with Gasteiger partial charge in [-0.1, -0.05) is 0 Å². The van der Waals surface area contributed by atoms with Crippen molar-refractivity contribution in [2.45, 2.75) is 26.2 Å². The molecule has 2 N–H and O–H groups in total. The Morgan fingerprint density at radius 2 is 2.15 bits per heavy atom. The summed E-state index contributed by atoms with van der Waals surface area (Å²) in [4.78, 5) is 8.69. The second-order valence-corrected chi connectivity index (χ2v) is 4.65. The maximum atomic E-state index is 5.76. The Morgan fingerprint density at radius 1 is 1.46 bits per heavy atom. The molecule has 1 aromatic rings. The van der Waals surface area contributed by atoms with Gasteiger partial charge in [0.15, 0.2) is 0 Å². The molecule has 2 rings (SSSR count). The highest BCUT2D eigenvalue weighted by Crippen LogP contribution is 2.32. The van der Waals surface area contributed by atoms with Crippen LogP contribution in [0.2, 0.25) is 0 Å². The lowest BCUT2D eigenvalue weighted by Crippen LogP contribution is -2.05. The molecule has 0 bridgehead atoms. The Balaban J connectivity index is 2.25. The van der Waals surface area contributed by atoms with E-state index in [1.807, 2.05) is 6.92 Å². The van der Waals surface area contributed by atoms with Gasteiger partial charge in [-0.05, 0) is 48.3 Å². The van der Waals surface area contributed by atoms with Crippen LogP contribution >= 0.6 is 22.6 Å². The van der Waals surface area contributed by atoms with Gasteiger partial charge in [0.2, 0.25) is 0 Å². The van der Waals surface area contributed by atoms with E-state index in [0.29, 0.717) is 5.82 Å². The molecular formula is C9H12IN3. The number of hydrogen-bond donors (Lipinski definition) is 1. The summed E-state index contributed by atoms with van der Waals surface area (Å²) in [7, 11) is 0. The Labute approximate surface area is 91.3 Å². The second kappa shape index (κ2) is 3.40. The summed E-state index contributed by atoms with van der Waals surface area (Å²) >= 11 is 2.18. The average molecular weight is 289 g/mol. The van der Waals surface area contributed by atoms with E-state index in [1.165, 1.54) is 12.8 Å². The fourth-order valence-electron chi connectivity index (χ4n) is 1.31. The van der Waals surface area contributed by atoms with E-state index < -0.39 is 0 Å². The van der Waals surface area contributed by atoms with Crippen molar-refractivity contribution in [2.24, 2.45) is 5.92 Å². The van der Waals surface area contributed by atoms with Crippen molar-refractivity contribution in [3.8, 4) is 0 Å². The number of anilines is 1. The maximum Gasteiger partial charge on any atom is 0.140 e. The summed E-state index contributed by atoms with van der Waals surface area (Å²) in [5, 5.41) is 0. The minimum absolute atomic E-state index is 0.628. The van der Waals surface area contributed by atoms with Crippen molar-refractivity contribution in [1.29, 1.82) is 0 Å². The zero-order valence-corrected chi connectivity index (χ0v) is 9.71. The van der Waals surface area contributed by atoms with Gasteiger partial charge in [0, 0.05) is 6.42 Å². The molecule has 1 saturated carbocycles. The monoisotopic (exact) mass is 289 g/mol. The van der Waals surface area contributed by atoms with Gasteiger partial charge in [-0.25, -0.2) is 9.97 Å². The number of rotatable bonds is 2. The Hall–Kier alpha value is -0.390. The average Bonchev–Trinajstić information content (AvgIpc) is 2.84. The van der Waals surface area contributed by atoms with Gasteiger partial charge in [0.1, 0.15) is 11.6 Å². The quantitative estimate of drug-likeness (QED) is 0.846. The van der Waals surface area contributed by atoms with E-state index in [4.69, 9.17) is 5.73 Å². The maximum absolute atomic E-state index is 5.76. The number of aryl methyl sites for hydroxylation is 1. The first-order valence-electron chi connectivity index (χ1n) is 4.45. The van der Waals surface area contributed by atoms with Crippen molar-refractivity contribution in [3.05, 3.63) is 15.1 Å². The van der Waals surface area contributed by atoms with Crippen LogP contribution in [0, 0.1) is 16.4 Å². The van der Waals surface area contributed by atoms with Gasteiger partial charge in [-0.15, -0.1) is 0 Å². The van der Waals surface area contributed by atoms with Gasteiger partial charge < -0.3 is 5.73 Å². The van der Waals surface area contributed by atoms with Gasteiger partial charge in [0.25, 0.3) is 0 Å². The molecular weight excluding hydrogens is 277 g/mol. The van der Waals surface area contributed by atoms with Crippen LogP contribution in [-0.4, -0.2) is 9.97 Å². The van der Waals surface area contributed by atoms with Crippen molar-refractivity contribution in [3.63, 3.8) is 0 Å².